The zero-order valence-electron chi connectivity index (χ0n) is 14.0. The Morgan fingerprint density at radius 1 is 1.12 bits per heavy atom. The summed E-state index contributed by atoms with van der Waals surface area (Å²) < 4.78 is 1.43. The van der Waals surface area contributed by atoms with Crippen molar-refractivity contribution in [3.63, 3.8) is 0 Å². The van der Waals surface area contributed by atoms with Crippen LogP contribution in [0.2, 0.25) is 0 Å². The van der Waals surface area contributed by atoms with Gasteiger partial charge in [0.25, 0.3) is 5.91 Å². The lowest BCUT2D eigenvalue weighted by molar-refractivity contribution is 0.0636. The summed E-state index contributed by atoms with van der Waals surface area (Å²) in [6.07, 6.45) is 6.20. The van der Waals surface area contributed by atoms with E-state index in [1.165, 1.54) is 23.9 Å². The van der Waals surface area contributed by atoms with Gasteiger partial charge in [-0.2, -0.15) is 9.78 Å². The molecule has 0 aromatic carbocycles. The van der Waals surface area contributed by atoms with Gasteiger partial charge in [0.1, 0.15) is 12.0 Å². The molecule has 0 saturated carbocycles. The van der Waals surface area contributed by atoms with Crippen LogP contribution in [0.15, 0.2) is 12.4 Å². The maximum Gasteiger partial charge on any atom is 0.271 e. The highest BCUT2D eigenvalue weighted by Crippen LogP contribution is 2.31. The summed E-state index contributed by atoms with van der Waals surface area (Å²) in [5.41, 5.74) is 0.487. The number of carbonyl (C=O) groups is 1. The van der Waals surface area contributed by atoms with E-state index in [0.29, 0.717) is 11.5 Å². The summed E-state index contributed by atoms with van der Waals surface area (Å²) in [7, 11) is 0. The Morgan fingerprint density at radius 2 is 1.84 bits per heavy atom. The Balaban J connectivity index is 0.00000182. The molecule has 0 aliphatic carbocycles. The number of nitrogens with one attached hydrogen (secondary N) is 2. The summed E-state index contributed by atoms with van der Waals surface area (Å²) in [5, 5.41) is 21.3. The van der Waals surface area contributed by atoms with Gasteiger partial charge in [-0.1, -0.05) is 0 Å². The normalized spacial score (nSPS) is 19.6. The van der Waals surface area contributed by atoms with Gasteiger partial charge >= 0.3 is 0 Å². The average molecular weight is 367 g/mol. The number of aromatic nitrogens is 6. The molecule has 2 aromatic heterocycles. The van der Waals surface area contributed by atoms with Crippen LogP contribution in [0.5, 0.6) is 0 Å². The summed E-state index contributed by atoms with van der Waals surface area (Å²) in [5.74, 6) is 2.11. The van der Waals surface area contributed by atoms with E-state index in [4.69, 9.17) is 0 Å². The first-order valence-electron chi connectivity index (χ1n) is 8.60. The van der Waals surface area contributed by atoms with Crippen LogP contribution >= 0.6 is 12.4 Å². The second-order valence-electron chi connectivity index (χ2n) is 6.61. The number of nitrogens with zero attached hydrogens (tertiary/aromatic N) is 6. The first-order valence-corrected chi connectivity index (χ1v) is 8.60. The number of halogens is 1. The molecule has 1 amide bonds. The molecule has 25 heavy (non-hydrogen) atoms. The molecular weight excluding hydrogens is 344 g/mol. The molecule has 2 aromatic rings. The monoisotopic (exact) mass is 366 g/mol. The number of amides is 1. The van der Waals surface area contributed by atoms with Crippen LogP contribution in [-0.2, 0) is 0 Å². The summed E-state index contributed by atoms with van der Waals surface area (Å²) >= 11 is 0. The van der Waals surface area contributed by atoms with Crippen molar-refractivity contribution in [3.05, 3.63) is 18.1 Å². The van der Waals surface area contributed by atoms with E-state index in [9.17, 15) is 4.79 Å². The van der Waals surface area contributed by atoms with Crippen LogP contribution in [0.1, 0.15) is 36.2 Å². The molecule has 0 spiro atoms. The Hall–Kier alpha value is -2.00. The molecule has 9 nitrogen and oxygen atoms in total. The van der Waals surface area contributed by atoms with E-state index < -0.39 is 0 Å². The molecule has 0 bridgehead atoms. The molecule has 10 heteroatoms. The topological polar surface area (TPSA) is 105 Å². The number of rotatable bonds is 3. The molecule has 0 atom stereocenters. The third-order valence-corrected chi connectivity index (χ3v) is 5.26. The van der Waals surface area contributed by atoms with Crippen molar-refractivity contribution in [1.82, 2.24) is 40.6 Å². The predicted molar refractivity (Wildman–Crippen MR) is 92.8 cm³/mol. The van der Waals surface area contributed by atoms with E-state index in [1.54, 1.807) is 6.07 Å². The van der Waals surface area contributed by atoms with Crippen molar-refractivity contribution < 1.29 is 4.79 Å². The van der Waals surface area contributed by atoms with Gasteiger partial charge in [-0.15, -0.1) is 17.5 Å². The largest absolute Gasteiger partial charge is 0.337 e. The maximum atomic E-state index is 12.6. The standard InChI is InChI=1S/C15H22N8O.ClH/c24-15(13-9-14(19-18-13)23-10-17-20-21-23)22-7-3-12(4-8-22)11-1-5-16-6-2-11;/h9-12,16H,1-8H2,(H,18,19);1H. The first kappa shape index (κ1) is 17.8. The minimum Gasteiger partial charge on any atom is -0.337 e. The van der Waals surface area contributed by atoms with Crippen LogP contribution in [0.4, 0.5) is 0 Å². The number of aromatic amines is 1. The molecule has 2 aliphatic rings. The Bertz CT molecular complexity index is 674. The van der Waals surface area contributed by atoms with Crippen molar-refractivity contribution in [2.24, 2.45) is 11.8 Å². The summed E-state index contributed by atoms with van der Waals surface area (Å²) in [6.45, 7) is 3.93. The van der Waals surface area contributed by atoms with Crippen molar-refractivity contribution in [3.8, 4) is 5.82 Å². The van der Waals surface area contributed by atoms with Crippen LogP contribution in [0.25, 0.3) is 5.82 Å². The molecule has 2 aliphatic heterocycles. The van der Waals surface area contributed by atoms with Crippen molar-refractivity contribution in [2.75, 3.05) is 26.2 Å². The quantitative estimate of drug-likeness (QED) is 0.826. The zero-order valence-corrected chi connectivity index (χ0v) is 14.8. The lowest BCUT2D eigenvalue weighted by Gasteiger charge is -2.37. The molecule has 4 rings (SSSR count). The summed E-state index contributed by atoms with van der Waals surface area (Å²) in [4.78, 5) is 14.6. The molecule has 0 radical (unpaired) electrons. The van der Waals surface area contributed by atoms with Crippen molar-refractivity contribution in [1.29, 1.82) is 0 Å². The minimum absolute atomic E-state index is 0. The maximum absolute atomic E-state index is 12.6. The van der Waals surface area contributed by atoms with Gasteiger partial charge in [0.15, 0.2) is 5.82 Å². The number of likely N-dealkylation sites (tertiary alicyclic amines) is 1. The first-order chi connectivity index (χ1) is 11.8. The van der Waals surface area contributed by atoms with Gasteiger partial charge in [-0.05, 0) is 61.0 Å². The van der Waals surface area contributed by atoms with E-state index in [0.717, 1.165) is 50.9 Å². The van der Waals surface area contributed by atoms with Gasteiger partial charge in [0.05, 0.1) is 0 Å². The molecule has 2 fully saturated rings. The highest BCUT2D eigenvalue weighted by Gasteiger charge is 2.30. The fraction of sp³-hybridized carbons (Fsp3) is 0.667. The fourth-order valence-corrected chi connectivity index (χ4v) is 3.86. The summed E-state index contributed by atoms with van der Waals surface area (Å²) in [6, 6.07) is 1.69. The lowest BCUT2D eigenvalue weighted by atomic mass is 9.79. The van der Waals surface area contributed by atoms with Gasteiger partial charge in [0.2, 0.25) is 0 Å². The van der Waals surface area contributed by atoms with E-state index in [2.05, 4.69) is 31.0 Å². The number of hydrogen-bond donors (Lipinski definition) is 2. The second-order valence-corrected chi connectivity index (χ2v) is 6.61. The molecule has 2 N–H and O–H groups in total. The molecule has 0 unspecified atom stereocenters. The van der Waals surface area contributed by atoms with Gasteiger partial charge in [-0.3, -0.25) is 9.89 Å². The minimum atomic E-state index is 0. The fourth-order valence-electron chi connectivity index (χ4n) is 3.86. The van der Waals surface area contributed by atoms with Crippen LogP contribution in [-0.4, -0.2) is 67.4 Å². The van der Waals surface area contributed by atoms with Gasteiger partial charge < -0.3 is 10.2 Å². The average Bonchev–Trinajstić information content (AvgIpc) is 3.33. The van der Waals surface area contributed by atoms with Crippen LogP contribution in [0.3, 0.4) is 0 Å². The highest BCUT2D eigenvalue weighted by molar-refractivity contribution is 5.92. The second kappa shape index (κ2) is 7.92. The molecule has 2 saturated heterocycles. The van der Waals surface area contributed by atoms with E-state index >= 15 is 0 Å². The van der Waals surface area contributed by atoms with Gasteiger partial charge in [-0.25, -0.2) is 0 Å². The number of tetrazole rings is 1. The lowest BCUT2D eigenvalue weighted by Crippen LogP contribution is -2.42. The smallest absolute Gasteiger partial charge is 0.271 e. The Labute approximate surface area is 151 Å². The van der Waals surface area contributed by atoms with Crippen molar-refractivity contribution in [2.45, 2.75) is 25.7 Å². The molecule has 4 heterocycles. The van der Waals surface area contributed by atoms with E-state index in [1.807, 2.05) is 4.90 Å². The van der Waals surface area contributed by atoms with E-state index in [-0.39, 0.29) is 18.3 Å². The third-order valence-electron chi connectivity index (χ3n) is 5.26. The number of hydrogen-bond acceptors (Lipinski definition) is 6. The predicted octanol–water partition coefficient (Wildman–Crippen LogP) is 0.659. The van der Waals surface area contributed by atoms with Gasteiger partial charge in [0, 0.05) is 19.2 Å². The molecular formula is C15H23ClN8O. The molecule has 136 valence electrons. The van der Waals surface area contributed by atoms with Crippen molar-refractivity contribution >= 4 is 18.3 Å². The number of H-pyrrole nitrogens is 1. The Morgan fingerprint density at radius 3 is 2.52 bits per heavy atom. The Kier molecular flexibility index (Phi) is 5.64. The number of piperidine rings is 2. The van der Waals surface area contributed by atoms with Crippen LogP contribution < -0.4 is 5.32 Å². The third kappa shape index (κ3) is 3.82. The number of carbonyl (C=O) groups excluding carboxylic acids is 1. The van der Waals surface area contributed by atoms with Crippen LogP contribution in [0, 0.1) is 11.8 Å². The highest BCUT2D eigenvalue weighted by atomic mass is 35.5. The SMILES string of the molecule is Cl.O=C(c1cc(-n2cnnn2)n[nH]1)N1CCC(C2CCNCC2)CC1. The zero-order chi connectivity index (χ0) is 16.4.